The van der Waals surface area contributed by atoms with Gasteiger partial charge in [0.2, 0.25) is 0 Å². The molecule has 0 radical (unpaired) electrons. The second-order valence-electron chi connectivity index (χ2n) is 3.22. The lowest BCUT2D eigenvalue weighted by Gasteiger charge is -2.17. The van der Waals surface area contributed by atoms with E-state index < -0.39 is 9.73 Å². The molecule has 2 nitrogen and oxygen atoms in total. The van der Waals surface area contributed by atoms with E-state index in [-0.39, 0.29) is 5.82 Å². The predicted molar refractivity (Wildman–Crippen MR) is 58.7 cm³/mol. The van der Waals surface area contributed by atoms with Crippen LogP contribution < -0.4 is 0 Å². The Bertz CT molecular complexity index is 470. The van der Waals surface area contributed by atoms with E-state index in [1.54, 1.807) is 12.1 Å². The van der Waals surface area contributed by atoms with E-state index in [0.29, 0.717) is 21.7 Å². The van der Waals surface area contributed by atoms with Crippen LogP contribution in [0.5, 0.6) is 0 Å². The molecule has 0 bridgehead atoms. The fourth-order valence-electron chi connectivity index (χ4n) is 1.22. The van der Waals surface area contributed by atoms with Gasteiger partial charge < -0.3 is 0 Å². The van der Waals surface area contributed by atoms with Crippen LogP contribution >= 0.6 is 15.9 Å². The summed E-state index contributed by atoms with van der Waals surface area (Å²) in [6.07, 6.45) is 0.960. The van der Waals surface area contributed by atoms with Gasteiger partial charge in [0.1, 0.15) is 5.82 Å². The summed E-state index contributed by atoms with van der Waals surface area (Å²) >= 11 is 3.05. The predicted octanol–water partition coefficient (Wildman–Crippen LogP) is 3.09. The molecule has 5 heteroatoms. The summed E-state index contributed by atoms with van der Waals surface area (Å²) in [4.78, 5) is 0. The minimum absolute atomic E-state index is 0.367. The molecule has 0 aliphatic carbocycles. The molecule has 0 N–H and O–H groups in total. The molecule has 0 atom stereocenters. The number of nitrogens with zero attached hydrogens (tertiary/aromatic N) is 1. The second kappa shape index (κ2) is 3.62. The third-order valence-corrected chi connectivity index (χ3v) is 5.14. The molecule has 1 aromatic rings. The quantitative estimate of drug-likeness (QED) is 0.776. The molecule has 0 aromatic heterocycles. The van der Waals surface area contributed by atoms with E-state index in [9.17, 15) is 8.60 Å². The number of benzene rings is 1. The van der Waals surface area contributed by atoms with Crippen LogP contribution in [0.4, 0.5) is 10.1 Å². The number of rotatable bonds is 1. The first-order chi connectivity index (χ1) is 6.59. The van der Waals surface area contributed by atoms with Gasteiger partial charge in [-0.3, -0.25) is 0 Å². The van der Waals surface area contributed by atoms with Crippen molar-refractivity contribution in [3.63, 3.8) is 0 Å². The first kappa shape index (κ1) is 10.1. The van der Waals surface area contributed by atoms with E-state index in [1.807, 2.05) is 0 Å². The molecule has 0 spiro atoms. The van der Waals surface area contributed by atoms with Gasteiger partial charge in [0, 0.05) is 17.6 Å². The van der Waals surface area contributed by atoms with Gasteiger partial charge in [-0.2, -0.15) is 4.36 Å². The van der Waals surface area contributed by atoms with Crippen LogP contribution in [0.25, 0.3) is 0 Å². The van der Waals surface area contributed by atoms with Gasteiger partial charge in [0.25, 0.3) is 0 Å². The lowest BCUT2D eigenvalue weighted by atomic mass is 10.3. The molecule has 76 valence electrons. The molecule has 0 saturated carbocycles. The van der Waals surface area contributed by atoms with Crippen LogP contribution in [0.1, 0.15) is 6.42 Å². The first-order valence-electron chi connectivity index (χ1n) is 4.27. The van der Waals surface area contributed by atoms with Crippen molar-refractivity contribution in [2.75, 3.05) is 11.5 Å². The Morgan fingerprint density at radius 1 is 1.43 bits per heavy atom. The highest BCUT2D eigenvalue weighted by molar-refractivity contribution is 9.10. The number of hydrogen-bond donors (Lipinski definition) is 0. The van der Waals surface area contributed by atoms with Crippen LogP contribution in [-0.2, 0) is 9.73 Å². The molecule has 1 aromatic carbocycles. The second-order valence-corrected chi connectivity index (χ2v) is 6.62. The van der Waals surface area contributed by atoms with Gasteiger partial charge in [-0.05, 0) is 34.5 Å². The molecule has 1 aliphatic rings. The summed E-state index contributed by atoms with van der Waals surface area (Å²) in [5.41, 5.74) is 0.468. The number of hydrogen-bond acceptors (Lipinski definition) is 2. The van der Waals surface area contributed by atoms with Crippen molar-refractivity contribution in [1.29, 1.82) is 0 Å². The van der Waals surface area contributed by atoms with E-state index in [4.69, 9.17) is 0 Å². The lowest BCUT2D eigenvalue weighted by molar-refractivity contribution is 0.621. The van der Waals surface area contributed by atoms with Crippen LogP contribution in [0.3, 0.4) is 0 Å². The van der Waals surface area contributed by atoms with Crippen molar-refractivity contribution in [3.8, 4) is 0 Å². The third kappa shape index (κ3) is 1.98. The minimum Gasteiger partial charge on any atom is -0.249 e. The molecule has 2 rings (SSSR count). The van der Waals surface area contributed by atoms with Gasteiger partial charge in [0.05, 0.1) is 19.9 Å². The minimum atomic E-state index is -2.03. The maximum absolute atomic E-state index is 13.1. The van der Waals surface area contributed by atoms with E-state index in [1.165, 1.54) is 6.07 Å². The van der Waals surface area contributed by atoms with Gasteiger partial charge in [-0.1, -0.05) is 0 Å². The molecule has 1 fully saturated rings. The Hall–Kier alpha value is -0.420. The normalized spacial score (nSPS) is 18.7. The summed E-state index contributed by atoms with van der Waals surface area (Å²) in [5.74, 6) is 0.920. The molecular formula is C9H9BrFNOS. The van der Waals surface area contributed by atoms with Gasteiger partial charge in [-0.25, -0.2) is 8.60 Å². The monoisotopic (exact) mass is 277 g/mol. The largest absolute Gasteiger partial charge is 0.249 e. The summed E-state index contributed by atoms with van der Waals surface area (Å²) in [6.45, 7) is 0. The molecule has 0 unspecified atom stereocenters. The molecule has 1 saturated heterocycles. The third-order valence-electron chi connectivity index (χ3n) is 2.10. The Labute approximate surface area is 90.8 Å². The van der Waals surface area contributed by atoms with Gasteiger partial charge >= 0.3 is 0 Å². The van der Waals surface area contributed by atoms with Crippen molar-refractivity contribution in [1.82, 2.24) is 0 Å². The van der Waals surface area contributed by atoms with Gasteiger partial charge in [0.15, 0.2) is 0 Å². The zero-order chi connectivity index (χ0) is 10.2. The van der Waals surface area contributed by atoms with Crippen molar-refractivity contribution in [2.24, 2.45) is 4.36 Å². The highest BCUT2D eigenvalue weighted by Gasteiger charge is 2.19. The standard InChI is InChI=1S/C9H9BrFNOS/c10-8-3-2-7(6-9(8)11)12-14(13)4-1-5-14/h2-3,6H,1,4-5H2. The SMILES string of the molecule is O=S1(=Nc2ccc(Br)c(F)c2)CCC1. The molecule has 14 heavy (non-hydrogen) atoms. The number of halogens is 2. The van der Waals surface area contributed by atoms with E-state index in [2.05, 4.69) is 20.3 Å². The maximum Gasteiger partial charge on any atom is 0.139 e. The summed E-state index contributed by atoms with van der Waals surface area (Å²) in [5, 5.41) is 0. The molecular weight excluding hydrogens is 269 g/mol. The Morgan fingerprint density at radius 3 is 2.64 bits per heavy atom. The average molecular weight is 278 g/mol. The fraction of sp³-hybridized carbons (Fsp3) is 0.333. The summed E-state index contributed by atoms with van der Waals surface area (Å²) < 4.78 is 29.3. The van der Waals surface area contributed by atoms with Crippen LogP contribution in [0, 0.1) is 5.82 Å². The highest BCUT2D eigenvalue weighted by atomic mass is 79.9. The molecule has 1 aliphatic heterocycles. The fourth-order valence-corrected chi connectivity index (χ4v) is 2.93. The topological polar surface area (TPSA) is 29.4 Å². The zero-order valence-corrected chi connectivity index (χ0v) is 9.78. The maximum atomic E-state index is 13.1. The van der Waals surface area contributed by atoms with Crippen molar-refractivity contribution in [2.45, 2.75) is 6.42 Å². The van der Waals surface area contributed by atoms with Crippen LogP contribution in [-0.4, -0.2) is 15.7 Å². The zero-order valence-electron chi connectivity index (χ0n) is 7.37. The Morgan fingerprint density at radius 2 is 2.14 bits per heavy atom. The summed E-state index contributed by atoms with van der Waals surface area (Å²) in [7, 11) is -2.03. The molecule has 0 amide bonds. The highest BCUT2D eigenvalue weighted by Crippen LogP contribution is 2.25. The van der Waals surface area contributed by atoms with Crippen molar-refractivity contribution in [3.05, 3.63) is 28.5 Å². The average Bonchev–Trinajstić information content (AvgIpc) is 2.09. The van der Waals surface area contributed by atoms with Crippen molar-refractivity contribution >= 4 is 31.3 Å². The first-order valence-corrected chi connectivity index (χ1v) is 6.91. The summed E-state index contributed by atoms with van der Waals surface area (Å²) in [6, 6.07) is 4.54. The van der Waals surface area contributed by atoms with Crippen LogP contribution in [0.2, 0.25) is 0 Å². The Balaban J connectivity index is 2.39. The smallest absolute Gasteiger partial charge is 0.139 e. The Kier molecular flexibility index (Phi) is 2.62. The van der Waals surface area contributed by atoms with Gasteiger partial charge in [-0.15, -0.1) is 0 Å². The van der Waals surface area contributed by atoms with Crippen LogP contribution in [0.15, 0.2) is 27.0 Å². The van der Waals surface area contributed by atoms with E-state index in [0.717, 1.165) is 6.42 Å². The van der Waals surface area contributed by atoms with E-state index >= 15 is 0 Å². The van der Waals surface area contributed by atoms with Crippen molar-refractivity contribution < 1.29 is 8.60 Å². The molecule has 1 heterocycles. The lowest BCUT2D eigenvalue weighted by Crippen LogP contribution is -2.22.